The van der Waals surface area contributed by atoms with Crippen LogP contribution in [0.2, 0.25) is 0 Å². The van der Waals surface area contributed by atoms with Crippen molar-refractivity contribution in [3.05, 3.63) is 390 Å². The van der Waals surface area contributed by atoms with Crippen LogP contribution in [0.3, 0.4) is 0 Å². The second kappa shape index (κ2) is 49.1. The molecule has 8 aromatic carbocycles. The fourth-order valence-corrected chi connectivity index (χ4v) is 20.3. The lowest BCUT2D eigenvalue weighted by molar-refractivity contribution is -0.834. The first-order valence-corrected chi connectivity index (χ1v) is 52.9. The molecule has 0 saturated carbocycles. The molecule has 0 aliphatic carbocycles. The number of fused-ring (bicyclic) bond motifs is 8. The van der Waals surface area contributed by atoms with Crippen molar-refractivity contribution in [1.82, 2.24) is 29.1 Å². The Balaban J connectivity index is 0.000000215. The molecule has 0 fully saturated rings. The van der Waals surface area contributed by atoms with E-state index in [2.05, 4.69) is 375 Å². The third kappa shape index (κ3) is 20.1. The molecule has 8 nitrogen and oxygen atoms in total. The number of nitrogens with zero attached hydrogens (tertiary/aromatic N) is 6. The maximum Gasteiger partial charge on any atom is 0.553 e. The third-order valence-corrected chi connectivity index (χ3v) is 25.8. The van der Waals surface area contributed by atoms with E-state index in [-0.39, 0.29) is 0 Å². The number of H-pyrrole nitrogens is 2. The Bertz CT molecular complexity index is 6270. The van der Waals surface area contributed by atoms with Gasteiger partial charge in [0.25, 0.3) is 0 Å². The number of allylic oxidation sites excluding steroid dienone is 4. The Labute approximate surface area is 822 Å². The van der Waals surface area contributed by atoms with Crippen LogP contribution in [0.5, 0.6) is 0 Å². The zero-order chi connectivity index (χ0) is 98.0. The molecule has 8 heteroatoms. The molecule has 0 amide bonds. The van der Waals surface area contributed by atoms with Gasteiger partial charge in [0.2, 0.25) is 22.8 Å². The van der Waals surface area contributed by atoms with E-state index in [1.807, 2.05) is 111 Å². The largest absolute Gasteiger partial charge is 0.553 e. The van der Waals surface area contributed by atoms with Gasteiger partial charge in [0.05, 0.1) is 67.2 Å². The van der Waals surface area contributed by atoms with E-state index in [4.69, 9.17) is 9.97 Å². The second-order valence-corrected chi connectivity index (χ2v) is 33.9. The quantitative estimate of drug-likeness (QED) is 0.0592. The van der Waals surface area contributed by atoms with Gasteiger partial charge >= 0.3 is 5.91 Å². The lowest BCUT2D eigenvalue weighted by atomic mass is 9.92. The standard InChI is InChI=1S/C57H52N4.C56H54N4.8C2H6/c1-5-9-37-13-21-41(22-14-37)53-45-29-31-47-54(42-23-15-38(10-6-2)16-24-42)49-33-35-51-56(44-27-19-40(12-8-4)20-28-44)52-36-34-50-55(43-25-17-39(11-7-3)18-26-43)48-32-30-46(53)59(48)57(58(45)47,60(49)51)61(50)52;1-5-9-37-13-21-41(22-14-37)53-45-29-31-47(57-45)54(42-23-15-38(10-6-2)16-24-42)49-33-35-51(59-49)56(44-27-19-40(12-8-4)20-28-44)52-36-34-50(60-52)55(48-32-30-46(53)58-48)43-25-17-39(11-7-3)18-26-43;8*1-2/h13-36H,5-12H2,1-4H3;13-36,57,60H,5-12H2,1-4H3;8*1-2H3/q+2;;;;;;;;;. The molecule has 2 N–H and O–H groups in total. The fraction of sp³-hybridized carbons (Fsp3) is 0.318. The molecule has 0 unspecified atom stereocenters. The summed E-state index contributed by atoms with van der Waals surface area (Å²) in [6.45, 7) is 50.0. The van der Waals surface area contributed by atoms with Gasteiger partial charge in [-0.1, -0.05) is 421 Å². The van der Waals surface area contributed by atoms with Crippen LogP contribution in [0.25, 0.3) is 113 Å². The maximum absolute atomic E-state index is 5.52. The van der Waals surface area contributed by atoms with Gasteiger partial charge in [0, 0.05) is 68.6 Å². The number of nitrogens with one attached hydrogen (secondary N) is 2. The average Bonchev–Trinajstić information content (AvgIpc) is 1.48. The van der Waals surface area contributed by atoms with E-state index in [1.54, 1.807) is 0 Å². The van der Waals surface area contributed by atoms with Crippen LogP contribution in [0.15, 0.2) is 278 Å². The van der Waals surface area contributed by atoms with Crippen LogP contribution in [0.4, 0.5) is 0 Å². The van der Waals surface area contributed by atoms with Crippen molar-refractivity contribution in [2.75, 3.05) is 0 Å². The van der Waals surface area contributed by atoms with Gasteiger partial charge in [0.1, 0.15) is 0 Å². The van der Waals surface area contributed by atoms with E-state index in [0.29, 0.717) is 0 Å². The minimum atomic E-state index is -0.779. The Morgan fingerprint density at radius 1 is 0.219 bits per heavy atom. The summed E-state index contributed by atoms with van der Waals surface area (Å²) in [4.78, 5) is 18.9. The highest BCUT2D eigenvalue weighted by atomic mass is 15.6. The molecule has 0 saturated heterocycles. The van der Waals surface area contributed by atoms with Crippen molar-refractivity contribution < 1.29 is 9.15 Å². The zero-order valence-corrected chi connectivity index (χ0v) is 87.2. The summed E-state index contributed by atoms with van der Waals surface area (Å²) in [5, 5.41) is 2.48. The van der Waals surface area contributed by atoms with Gasteiger partial charge in [-0.25, -0.2) is 9.97 Å². The van der Waals surface area contributed by atoms with Crippen molar-refractivity contribution in [2.45, 2.75) is 275 Å². The van der Waals surface area contributed by atoms with E-state index < -0.39 is 5.91 Å². The Morgan fingerprint density at radius 2 is 0.423 bits per heavy atom. The van der Waals surface area contributed by atoms with Crippen LogP contribution >= 0.6 is 0 Å². The van der Waals surface area contributed by atoms with Crippen molar-refractivity contribution in [1.29, 1.82) is 0 Å². The lowest BCUT2D eigenvalue weighted by Crippen LogP contribution is -2.71. The summed E-state index contributed by atoms with van der Waals surface area (Å²) in [7, 11) is 0. The van der Waals surface area contributed by atoms with Crippen LogP contribution in [-0.4, -0.2) is 49.6 Å². The zero-order valence-electron chi connectivity index (χ0n) is 87.2. The molecule has 708 valence electrons. The Hall–Kier alpha value is -13.0. The molecule has 0 atom stereocenters. The lowest BCUT2D eigenvalue weighted by Gasteiger charge is -2.41. The smallest absolute Gasteiger partial charge is 0.354 e. The van der Waals surface area contributed by atoms with Crippen molar-refractivity contribution in [3.8, 4) is 44.5 Å². The molecule has 0 radical (unpaired) electrons. The monoisotopic (exact) mass is 1820 g/mol. The summed E-state index contributed by atoms with van der Waals surface area (Å²) >= 11 is 0. The van der Waals surface area contributed by atoms with Crippen molar-refractivity contribution >= 4 is 80.1 Å². The van der Waals surface area contributed by atoms with Gasteiger partial charge < -0.3 is 9.97 Å². The molecule has 8 aliphatic rings. The average molecular weight is 1820 g/mol. The molecule has 13 aromatic rings. The van der Waals surface area contributed by atoms with Gasteiger partial charge in [-0.05, 0) is 213 Å². The first kappa shape index (κ1) is 103. The van der Waals surface area contributed by atoms with Gasteiger partial charge in [-0.15, -0.1) is 0 Å². The predicted molar refractivity (Wildman–Crippen MR) is 596 cm³/mol. The molecular formula is C129H154N8+2. The Kier molecular flexibility index (Phi) is 36.9. The topological polar surface area (TPSA) is 73.2 Å². The molecule has 137 heavy (non-hydrogen) atoms. The summed E-state index contributed by atoms with van der Waals surface area (Å²) < 4.78 is 10.8. The first-order chi connectivity index (χ1) is 67.6. The van der Waals surface area contributed by atoms with E-state index in [0.717, 1.165) is 192 Å². The number of benzene rings is 8. The van der Waals surface area contributed by atoms with E-state index >= 15 is 0 Å². The van der Waals surface area contributed by atoms with Crippen LogP contribution < -0.4 is 10.7 Å². The molecule has 5 aromatic heterocycles. The first-order valence-electron chi connectivity index (χ1n) is 52.9. The van der Waals surface area contributed by atoms with Crippen molar-refractivity contribution in [3.63, 3.8) is 0 Å². The molecular weight excluding hydrogens is 1660 g/mol. The van der Waals surface area contributed by atoms with Gasteiger partial charge in [0.15, 0.2) is 0 Å². The minimum absolute atomic E-state index is 0.779. The number of hydrogen-bond acceptors (Lipinski definition) is 2. The summed E-state index contributed by atoms with van der Waals surface area (Å²) in [5.74, 6) is -0.779. The normalized spacial score (nSPS) is 13.2. The molecule has 13 heterocycles. The maximum atomic E-state index is 5.52. The molecule has 8 bridgehead atoms. The Morgan fingerprint density at radius 3 is 0.635 bits per heavy atom. The number of aromatic amines is 2. The number of aryl methyl sites for hydroxylation is 8. The molecule has 1 spiro atoms. The highest BCUT2D eigenvalue weighted by Gasteiger charge is 2.73. The molecule has 21 rings (SSSR count). The van der Waals surface area contributed by atoms with Crippen LogP contribution in [0, 0.1) is 0 Å². The van der Waals surface area contributed by atoms with Crippen molar-refractivity contribution in [2.24, 2.45) is 0 Å². The predicted octanol–water partition coefficient (Wildman–Crippen LogP) is 33.6. The minimum Gasteiger partial charge on any atom is -0.354 e. The van der Waals surface area contributed by atoms with Gasteiger partial charge in [-0.3, -0.25) is 0 Å². The molecule has 8 aliphatic heterocycles. The summed E-state index contributed by atoms with van der Waals surface area (Å²) in [5.41, 5.74) is 45.1. The van der Waals surface area contributed by atoms with E-state index in [9.17, 15) is 0 Å². The third-order valence-electron chi connectivity index (χ3n) is 25.8. The second-order valence-electron chi connectivity index (χ2n) is 33.9. The van der Waals surface area contributed by atoms with Gasteiger partial charge in [-0.2, -0.15) is 9.13 Å². The number of aromatic nitrogens is 6. The fourth-order valence-electron chi connectivity index (χ4n) is 20.3. The highest BCUT2D eigenvalue weighted by Crippen LogP contribution is 2.54. The SMILES string of the molecule is CC.CC.CC.CC.CC.CC.CC.CC.CCCc1ccc(-c2c3nc(c(-c4ccc(CCC)cc4)c4ccc([nH]4)c(-c4ccc(CCC)cc4)c4nc(c(-c5ccc(CCC)cc5)c5ccc2[nH]5)C=C4)C=C3)cc1.CCCc1ccc(C2=C3C=CC4=[N+]3C35n6c2ccc6C(c2ccc(CCC)cc2)=C2C=CC(=[N+]23)C(c2ccc(CCC)cc2)=c2ccc(n25)=C4c2ccc(CCC)cc2)cc1. The van der Waals surface area contributed by atoms with Crippen LogP contribution in [-0.2, 0) is 57.3 Å². The van der Waals surface area contributed by atoms with Crippen LogP contribution in [0.1, 0.15) is 318 Å². The summed E-state index contributed by atoms with van der Waals surface area (Å²) in [6, 6.07) is 92.4. The van der Waals surface area contributed by atoms with E-state index in [1.165, 1.54) is 134 Å². The number of hydrogen-bond donors (Lipinski definition) is 2. The summed E-state index contributed by atoms with van der Waals surface area (Å²) in [6.07, 6.45) is 36.0. The highest BCUT2D eigenvalue weighted by molar-refractivity contribution is 6.30. The number of rotatable bonds is 24.